The molecule has 0 N–H and O–H groups in total. The average molecular weight is 204 g/mol. The lowest BCUT2D eigenvalue weighted by atomic mass is 10.2. The monoisotopic (exact) mass is 204 g/mol. The Morgan fingerprint density at radius 3 is 3.07 bits per heavy atom. The summed E-state index contributed by atoms with van der Waals surface area (Å²) in [5, 5.41) is 0. The number of aromatic nitrogens is 1. The van der Waals surface area contributed by atoms with Gasteiger partial charge in [-0.15, -0.1) is 0 Å². The first-order valence-corrected chi connectivity index (χ1v) is 5.53. The molecule has 3 heteroatoms. The summed E-state index contributed by atoms with van der Waals surface area (Å²) in [6.45, 7) is 3.30. The van der Waals surface area contributed by atoms with Crippen LogP contribution < -0.4 is 4.90 Å². The standard InChI is InChI=1S/C12H16N2O/c1-2-11-4-3-7-14(11)12-6-5-10(9-15)8-13-12/h5-6,8-9,11H,2-4,7H2,1H3. The Bertz CT molecular complexity index is 334. The number of pyridine rings is 1. The molecule has 1 unspecified atom stereocenters. The minimum atomic E-state index is 0.625. The molecular formula is C12H16N2O. The second-order valence-corrected chi connectivity index (χ2v) is 3.97. The molecule has 0 saturated carbocycles. The SMILES string of the molecule is CCC1CCCN1c1ccc(C=O)cn1. The fourth-order valence-electron chi connectivity index (χ4n) is 2.20. The van der Waals surface area contributed by atoms with E-state index in [0.717, 1.165) is 25.1 Å². The van der Waals surface area contributed by atoms with Crippen molar-refractivity contribution in [3.05, 3.63) is 23.9 Å². The van der Waals surface area contributed by atoms with E-state index in [1.165, 1.54) is 12.8 Å². The Morgan fingerprint density at radius 1 is 1.60 bits per heavy atom. The molecule has 0 radical (unpaired) electrons. The second kappa shape index (κ2) is 4.43. The van der Waals surface area contributed by atoms with Crippen LogP contribution in [-0.4, -0.2) is 23.9 Å². The maximum absolute atomic E-state index is 10.5. The smallest absolute Gasteiger partial charge is 0.151 e. The summed E-state index contributed by atoms with van der Waals surface area (Å²) in [7, 11) is 0. The first-order chi connectivity index (χ1) is 7.35. The van der Waals surface area contributed by atoms with Crippen molar-refractivity contribution in [2.75, 3.05) is 11.4 Å². The van der Waals surface area contributed by atoms with E-state index >= 15 is 0 Å². The van der Waals surface area contributed by atoms with Gasteiger partial charge in [0, 0.05) is 24.3 Å². The summed E-state index contributed by atoms with van der Waals surface area (Å²) >= 11 is 0. The molecule has 0 bridgehead atoms. The highest BCUT2D eigenvalue weighted by Gasteiger charge is 2.23. The molecule has 2 rings (SSSR count). The van der Waals surface area contributed by atoms with E-state index in [1.54, 1.807) is 6.20 Å². The average Bonchev–Trinajstić information content (AvgIpc) is 2.77. The molecular weight excluding hydrogens is 188 g/mol. The number of nitrogens with zero attached hydrogens (tertiary/aromatic N) is 2. The van der Waals surface area contributed by atoms with Crippen molar-refractivity contribution < 1.29 is 4.79 Å². The van der Waals surface area contributed by atoms with Gasteiger partial charge in [0.25, 0.3) is 0 Å². The van der Waals surface area contributed by atoms with Crippen LogP contribution in [0.4, 0.5) is 5.82 Å². The van der Waals surface area contributed by atoms with Gasteiger partial charge in [0.05, 0.1) is 0 Å². The van der Waals surface area contributed by atoms with E-state index in [9.17, 15) is 4.79 Å². The molecule has 1 saturated heterocycles. The van der Waals surface area contributed by atoms with Gasteiger partial charge in [0.15, 0.2) is 6.29 Å². The molecule has 1 aliphatic rings. The van der Waals surface area contributed by atoms with Crippen LogP contribution in [0.5, 0.6) is 0 Å². The maximum atomic E-state index is 10.5. The third-order valence-electron chi connectivity index (χ3n) is 3.05. The number of hydrogen-bond acceptors (Lipinski definition) is 3. The van der Waals surface area contributed by atoms with Crippen LogP contribution >= 0.6 is 0 Å². The first kappa shape index (κ1) is 10.1. The van der Waals surface area contributed by atoms with Crippen molar-refractivity contribution in [1.29, 1.82) is 0 Å². The molecule has 1 aliphatic heterocycles. The first-order valence-electron chi connectivity index (χ1n) is 5.53. The minimum Gasteiger partial charge on any atom is -0.354 e. The van der Waals surface area contributed by atoms with Gasteiger partial charge in [0.1, 0.15) is 5.82 Å². The zero-order valence-electron chi connectivity index (χ0n) is 9.02. The van der Waals surface area contributed by atoms with E-state index in [-0.39, 0.29) is 0 Å². The van der Waals surface area contributed by atoms with Crippen LogP contribution in [-0.2, 0) is 0 Å². The molecule has 0 aromatic carbocycles. The van der Waals surface area contributed by atoms with E-state index in [4.69, 9.17) is 0 Å². The van der Waals surface area contributed by atoms with Crippen LogP contribution in [0.2, 0.25) is 0 Å². The normalized spacial score (nSPS) is 20.6. The van der Waals surface area contributed by atoms with E-state index in [1.807, 2.05) is 12.1 Å². The van der Waals surface area contributed by atoms with Gasteiger partial charge in [-0.25, -0.2) is 4.98 Å². The molecule has 0 amide bonds. The molecule has 1 aromatic heterocycles. The molecule has 1 atom stereocenters. The Morgan fingerprint density at radius 2 is 2.47 bits per heavy atom. The van der Waals surface area contributed by atoms with E-state index < -0.39 is 0 Å². The molecule has 15 heavy (non-hydrogen) atoms. The second-order valence-electron chi connectivity index (χ2n) is 3.97. The predicted octanol–water partition coefficient (Wildman–Crippen LogP) is 2.27. The molecule has 80 valence electrons. The summed E-state index contributed by atoms with van der Waals surface area (Å²) in [5.74, 6) is 1.00. The minimum absolute atomic E-state index is 0.625. The van der Waals surface area contributed by atoms with Gasteiger partial charge in [-0.1, -0.05) is 6.92 Å². The van der Waals surface area contributed by atoms with Gasteiger partial charge in [-0.2, -0.15) is 0 Å². The Kier molecular flexibility index (Phi) is 2.99. The van der Waals surface area contributed by atoms with Crippen molar-refractivity contribution in [1.82, 2.24) is 4.98 Å². The van der Waals surface area contributed by atoms with Crippen molar-refractivity contribution in [2.45, 2.75) is 32.2 Å². The van der Waals surface area contributed by atoms with Crippen LogP contribution in [0.3, 0.4) is 0 Å². The Hall–Kier alpha value is -1.38. The maximum Gasteiger partial charge on any atom is 0.151 e. The van der Waals surface area contributed by atoms with E-state index in [2.05, 4.69) is 16.8 Å². The Balaban J connectivity index is 2.17. The largest absolute Gasteiger partial charge is 0.354 e. The van der Waals surface area contributed by atoms with Gasteiger partial charge < -0.3 is 4.90 Å². The number of carbonyl (C=O) groups is 1. The van der Waals surface area contributed by atoms with Gasteiger partial charge >= 0.3 is 0 Å². The quantitative estimate of drug-likeness (QED) is 0.708. The summed E-state index contributed by atoms with van der Waals surface area (Å²) in [4.78, 5) is 17.2. The highest BCUT2D eigenvalue weighted by Crippen LogP contribution is 2.25. The number of hydrogen-bond donors (Lipinski definition) is 0. The zero-order chi connectivity index (χ0) is 10.7. The van der Waals surface area contributed by atoms with Crippen molar-refractivity contribution in [2.24, 2.45) is 0 Å². The van der Waals surface area contributed by atoms with Gasteiger partial charge in [-0.05, 0) is 31.4 Å². The third kappa shape index (κ3) is 2.01. The van der Waals surface area contributed by atoms with Crippen molar-refractivity contribution >= 4 is 12.1 Å². The molecule has 2 heterocycles. The van der Waals surface area contributed by atoms with Gasteiger partial charge in [0.2, 0.25) is 0 Å². The lowest BCUT2D eigenvalue weighted by molar-refractivity contribution is 0.112. The van der Waals surface area contributed by atoms with Crippen LogP contribution in [0.15, 0.2) is 18.3 Å². The van der Waals surface area contributed by atoms with Crippen LogP contribution in [0.25, 0.3) is 0 Å². The molecule has 1 fully saturated rings. The molecule has 3 nitrogen and oxygen atoms in total. The highest BCUT2D eigenvalue weighted by molar-refractivity contribution is 5.74. The predicted molar refractivity (Wildman–Crippen MR) is 60.3 cm³/mol. The van der Waals surface area contributed by atoms with Crippen LogP contribution in [0.1, 0.15) is 36.5 Å². The topological polar surface area (TPSA) is 33.2 Å². The summed E-state index contributed by atoms with van der Waals surface area (Å²) in [5.41, 5.74) is 0.644. The number of carbonyl (C=O) groups excluding carboxylic acids is 1. The fourth-order valence-corrected chi connectivity index (χ4v) is 2.20. The highest BCUT2D eigenvalue weighted by atomic mass is 16.1. The number of aldehydes is 1. The Labute approximate surface area is 90.1 Å². The summed E-state index contributed by atoms with van der Waals surface area (Å²) in [6.07, 6.45) is 6.14. The lowest BCUT2D eigenvalue weighted by Crippen LogP contribution is -2.29. The number of rotatable bonds is 3. The zero-order valence-corrected chi connectivity index (χ0v) is 9.02. The summed E-state index contributed by atoms with van der Waals surface area (Å²) in [6, 6.07) is 4.40. The lowest BCUT2D eigenvalue weighted by Gasteiger charge is -2.24. The number of anilines is 1. The van der Waals surface area contributed by atoms with Crippen LogP contribution in [0, 0.1) is 0 Å². The van der Waals surface area contributed by atoms with Crippen molar-refractivity contribution in [3.63, 3.8) is 0 Å². The molecule has 0 spiro atoms. The molecule has 1 aromatic rings. The summed E-state index contributed by atoms with van der Waals surface area (Å²) < 4.78 is 0. The third-order valence-corrected chi connectivity index (χ3v) is 3.05. The molecule has 0 aliphatic carbocycles. The fraction of sp³-hybridized carbons (Fsp3) is 0.500. The van der Waals surface area contributed by atoms with Gasteiger partial charge in [-0.3, -0.25) is 4.79 Å². The van der Waals surface area contributed by atoms with Crippen molar-refractivity contribution in [3.8, 4) is 0 Å². The van der Waals surface area contributed by atoms with E-state index in [0.29, 0.717) is 11.6 Å².